The number of aliphatic imine (C=N–C) groups is 1. The smallest absolute Gasteiger partial charge is 0.541 e. The van der Waals surface area contributed by atoms with Gasteiger partial charge in [0.05, 0.1) is 6.20 Å². The molecule has 2 aromatic rings. The molecule has 0 unspecified atom stereocenters. The summed E-state index contributed by atoms with van der Waals surface area (Å²) in [5, 5.41) is 4.15. The Balaban J connectivity index is 0.00000220. The molecule has 0 atom stereocenters. The van der Waals surface area contributed by atoms with Gasteiger partial charge >= 0.3 is 1.43 Å². The molecule has 0 N–H and O–H groups in total. The molecule has 0 spiro atoms. The molecule has 0 amide bonds. The lowest BCUT2D eigenvalue weighted by Gasteiger charge is -2.11. The fourth-order valence-corrected chi connectivity index (χ4v) is 2.46. The van der Waals surface area contributed by atoms with E-state index >= 15 is 0 Å². The van der Waals surface area contributed by atoms with E-state index in [0.717, 1.165) is 23.4 Å². The average molecular weight is 287 g/mol. The van der Waals surface area contributed by atoms with Crippen molar-refractivity contribution in [1.82, 2.24) is 9.78 Å². The minimum absolute atomic E-state index is 0. The highest BCUT2D eigenvalue weighted by Gasteiger charge is 2.06. The van der Waals surface area contributed by atoms with Crippen LogP contribution in [0.4, 0.5) is 5.69 Å². The molecule has 0 bridgehead atoms. The quantitative estimate of drug-likeness (QED) is 0.624. The summed E-state index contributed by atoms with van der Waals surface area (Å²) in [6, 6.07) is 6.12. The Morgan fingerprint density at radius 1 is 1.45 bits per heavy atom. The van der Waals surface area contributed by atoms with Crippen LogP contribution in [0, 0.1) is 6.92 Å². The Morgan fingerprint density at radius 2 is 2.25 bits per heavy atom. The van der Waals surface area contributed by atoms with Crippen molar-refractivity contribution in [2.24, 2.45) is 12.0 Å². The van der Waals surface area contributed by atoms with Gasteiger partial charge in [0.2, 0.25) is 0 Å². The standard InChI is InChI=1S/C15H20N3OSi/c1-12-5-6-14(15(9-12)19-20(3)4)16-8-7-13-10-17-18(2)11-13/h5-6,8-11H,7H2,1-4H3/p+1. The molecule has 5 heteroatoms. The van der Waals surface area contributed by atoms with Gasteiger partial charge in [0.15, 0.2) is 0 Å². The van der Waals surface area contributed by atoms with Crippen molar-refractivity contribution in [1.29, 1.82) is 0 Å². The van der Waals surface area contributed by atoms with Crippen molar-refractivity contribution in [3.63, 3.8) is 0 Å². The van der Waals surface area contributed by atoms with Gasteiger partial charge in [-0.2, -0.15) is 5.10 Å². The molecule has 0 fully saturated rings. The number of nitrogens with zero attached hydrogens (tertiary/aromatic N) is 3. The second kappa shape index (κ2) is 6.52. The lowest BCUT2D eigenvalue weighted by molar-refractivity contribution is 0.581. The highest BCUT2D eigenvalue weighted by atomic mass is 28.3. The number of rotatable bonds is 5. The zero-order valence-electron chi connectivity index (χ0n) is 13.4. The summed E-state index contributed by atoms with van der Waals surface area (Å²) in [5.41, 5.74) is 3.24. The van der Waals surface area contributed by atoms with Gasteiger partial charge in [0.25, 0.3) is 9.04 Å². The summed E-state index contributed by atoms with van der Waals surface area (Å²) in [5.74, 6) is 0.881. The van der Waals surface area contributed by atoms with Gasteiger partial charge in [0, 0.05) is 25.9 Å². The van der Waals surface area contributed by atoms with Crippen LogP contribution in [0.2, 0.25) is 13.1 Å². The largest absolute Gasteiger partial charge is 1.00 e. The highest BCUT2D eigenvalue weighted by Crippen LogP contribution is 2.28. The Kier molecular flexibility index (Phi) is 4.73. The van der Waals surface area contributed by atoms with Gasteiger partial charge in [-0.15, -0.1) is 0 Å². The second-order valence-corrected chi connectivity index (χ2v) is 7.04. The Labute approximate surface area is 123 Å². The van der Waals surface area contributed by atoms with Gasteiger partial charge in [-0.05, 0) is 43.3 Å². The van der Waals surface area contributed by atoms with Crippen LogP contribution >= 0.6 is 0 Å². The van der Waals surface area contributed by atoms with E-state index in [9.17, 15) is 0 Å². The van der Waals surface area contributed by atoms with Crippen molar-refractivity contribution < 1.29 is 5.85 Å². The van der Waals surface area contributed by atoms with Gasteiger partial charge < -0.3 is 4.43 Å². The first kappa shape index (κ1) is 14.5. The Bertz CT molecular complexity index is 611. The normalized spacial score (nSPS) is 11.4. The molecule has 1 aromatic carbocycles. The van der Waals surface area contributed by atoms with Crippen LogP contribution in [0.15, 0.2) is 35.6 Å². The summed E-state index contributed by atoms with van der Waals surface area (Å²) >= 11 is 0. The van der Waals surface area contributed by atoms with E-state index < -0.39 is 9.04 Å². The molecular formula is C15H21N3OSi+. The molecule has 2 rings (SSSR count). The van der Waals surface area contributed by atoms with Crippen LogP contribution in [0.1, 0.15) is 12.6 Å². The maximum atomic E-state index is 5.90. The van der Waals surface area contributed by atoms with Gasteiger partial charge in [-0.25, -0.2) is 0 Å². The maximum absolute atomic E-state index is 5.90. The zero-order chi connectivity index (χ0) is 14.5. The van der Waals surface area contributed by atoms with Crippen LogP contribution < -0.4 is 4.43 Å². The topological polar surface area (TPSA) is 39.4 Å². The summed E-state index contributed by atoms with van der Waals surface area (Å²) in [7, 11) is 1.13. The monoisotopic (exact) mass is 287 g/mol. The molecule has 0 aliphatic rings. The van der Waals surface area contributed by atoms with E-state index in [0.29, 0.717) is 0 Å². The Morgan fingerprint density at radius 3 is 2.90 bits per heavy atom. The Hall–Kier alpha value is -1.88. The summed E-state index contributed by atoms with van der Waals surface area (Å²) < 4.78 is 7.70. The molecule has 20 heavy (non-hydrogen) atoms. The number of hydrogen-bond acceptors (Lipinski definition) is 3. The molecule has 0 saturated carbocycles. The minimum atomic E-state index is -0.786. The zero-order valence-corrected chi connectivity index (χ0v) is 13.4. The summed E-state index contributed by atoms with van der Waals surface area (Å²) in [6.45, 7) is 6.31. The summed E-state index contributed by atoms with van der Waals surface area (Å²) in [4.78, 5) is 4.53. The third kappa shape index (κ3) is 4.06. The van der Waals surface area contributed by atoms with Crippen LogP contribution in [0.3, 0.4) is 0 Å². The maximum Gasteiger partial charge on any atom is 1.00 e. The number of aromatic nitrogens is 2. The van der Waals surface area contributed by atoms with E-state index in [1.54, 1.807) is 4.68 Å². The SMILES string of the molecule is Cc1ccc(N=CCc2cnn(C)c2)c(O[Si](C)C)c1.[H+]. The van der Waals surface area contributed by atoms with Gasteiger partial charge in [-0.1, -0.05) is 6.07 Å². The molecule has 4 nitrogen and oxygen atoms in total. The van der Waals surface area contributed by atoms with Crippen LogP contribution in [-0.2, 0) is 13.5 Å². The molecule has 1 aromatic heterocycles. The first-order valence-electron chi connectivity index (χ1n) is 6.63. The van der Waals surface area contributed by atoms with Crippen molar-refractivity contribution in [3.05, 3.63) is 41.7 Å². The van der Waals surface area contributed by atoms with E-state index in [1.807, 2.05) is 31.7 Å². The van der Waals surface area contributed by atoms with Crippen LogP contribution in [0.5, 0.6) is 5.75 Å². The van der Waals surface area contributed by atoms with E-state index in [1.165, 1.54) is 5.56 Å². The molecule has 0 aliphatic carbocycles. The van der Waals surface area contributed by atoms with Crippen LogP contribution in [0.25, 0.3) is 0 Å². The van der Waals surface area contributed by atoms with E-state index in [-0.39, 0.29) is 1.43 Å². The van der Waals surface area contributed by atoms with Gasteiger partial charge in [0.1, 0.15) is 11.4 Å². The van der Waals surface area contributed by atoms with E-state index in [2.05, 4.69) is 42.2 Å². The molecule has 1 heterocycles. The third-order valence-corrected chi connectivity index (χ3v) is 3.37. The third-order valence-electron chi connectivity index (χ3n) is 2.75. The number of hydrogen-bond donors (Lipinski definition) is 0. The van der Waals surface area contributed by atoms with Crippen LogP contribution in [-0.4, -0.2) is 25.0 Å². The highest BCUT2D eigenvalue weighted by molar-refractivity contribution is 6.49. The minimum Gasteiger partial charge on any atom is -0.541 e. The fraction of sp³-hybridized carbons (Fsp3) is 0.333. The molecule has 0 aliphatic heterocycles. The van der Waals surface area contributed by atoms with Crippen molar-refractivity contribution >= 4 is 20.9 Å². The predicted molar refractivity (Wildman–Crippen MR) is 85.5 cm³/mol. The molecule has 105 valence electrons. The van der Waals surface area contributed by atoms with E-state index in [4.69, 9.17) is 4.43 Å². The van der Waals surface area contributed by atoms with Gasteiger partial charge in [-0.3, -0.25) is 9.67 Å². The predicted octanol–water partition coefficient (Wildman–Crippen LogP) is 3.42. The average Bonchev–Trinajstić information content (AvgIpc) is 2.77. The van der Waals surface area contributed by atoms with Crippen molar-refractivity contribution in [2.45, 2.75) is 26.4 Å². The second-order valence-electron chi connectivity index (χ2n) is 5.02. The molecular weight excluding hydrogens is 266 g/mol. The molecule has 0 saturated heterocycles. The lowest BCUT2D eigenvalue weighted by Crippen LogP contribution is -2.11. The summed E-state index contributed by atoms with van der Waals surface area (Å²) in [6.07, 6.45) is 6.54. The number of aryl methyl sites for hydroxylation is 2. The first-order chi connectivity index (χ1) is 9.54. The van der Waals surface area contributed by atoms with Crippen molar-refractivity contribution in [3.8, 4) is 5.75 Å². The van der Waals surface area contributed by atoms with Crippen molar-refractivity contribution in [2.75, 3.05) is 0 Å². The molecule has 1 radical (unpaired) electrons. The lowest BCUT2D eigenvalue weighted by atomic mass is 10.2. The first-order valence-corrected chi connectivity index (χ1v) is 9.04. The number of benzene rings is 1. The fourth-order valence-electron chi connectivity index (χ4n) is 1.86.